The van der Waals surface area contributed by atoms with E-state index in [9.17, 15) is 9.59 Å². The van der Waals surface area contributed by atoms with Crippen LogP contribution in [-0.2, 0) is 29.0 Å². The third-order valence-electron chi connectivity index (χ3n) is 3.33. The van der Waals surface area contributed by atoms with Crippen molar-refractivity contribution < 1.29 is 48.8 Å². The summed E-state index contributed by atoms with van der Waals surface area (Å²) < 4.78 is 9.96. The molecule has 0 aromatic rings. The summed E-state index contributed by atoms with van der Waals surface area (Å²) in [4.78, 5) is 50.4. The summed E-state index contributed by atoms with van der Waals surface area (Å²) in [5, 5.41) is 27.5. The number of carbonyl (C=O) groups excluding carboxylic acids is 2. The molecule has 45 heavy (non-hydrogen) atoms. The lowest BCUT2D eigenvalue weighted by Crippen LogP contribution is -2.23. The maximum atomic E-state index is 11.7. The van der Waals surface area contributed by atoms with Crippen molar-refractivity contribution in [3.8, 4) is 0 Å². The molecule has 4 N–H and O–H groups in total. The molecule has 0 bridgehead atoms. The maximum absolute atomic E-state index is 11.7. The van der Waals surface area contributed by atoms with Crippen LogP contribution in [0.15, 0.2) is 9.98 Å². The first kappa shape index (κ1) is 46.2. The van der Waals surface area contributed by atoms with Gasteiger partial charge in [0.05, 0.1) is 35.4 Å². The van der Waals surface area contributed by atoms with Gasteiger partial charge < -0.3 is 40.1 Å². The number of aliphatic hydroxyl groups is 2. The molecule has 0 aromatic heterocycles. The van der Waals surface area contributed by atoms with Crippen LogP contribution in [0.3, 0.4) is 0 Å². The number of alkyl carbamates (subject to hydrolysis) is 2. The number of aliphatic imine (C=N–C) groups is 2. The minimum Gasteiger partial charge on any atom is -0.438 e. The van der Waals surface area contributed by atoms with Crippen LogP contribution in [0.2, 0.25) is 0 Å². The van der Waals surface area contributed by atoms with Crippen LogP contribution < -0.4 is 10.6 Å². The van der Waals surface area contributed by atoms with E-state index in [2.05, 4.69) is 20.6 Å². The van der Waals surface area contributed by atoms with Crippen LogP contribution in [0, 0.1) is 0 Å². The Kier molecular flexibility index (Phi) is 42.4. The Morgan fingerprint density at radius 1 is 0.533 bits per heavy atom. The van der Waals surface area contributed by atoms with E-state index in [-0.39, 0.29) is 23.8 Å². The van der Waals surface area contributed by atoms with Gasteiger partial charge in [-0.05, 0) is 0 Å². The van der Waals surface area contributed by atoms with Gasteiger partial charge in [-0.2, -0.15) is 9.78 Å². The molecule has 0 aliphatic rings. The molecule has 25 heteroatoms. The van der Waals surface area contributed by atoms with Crippen molar-refractivity contribution in [2.45, 2.75) is 0 Å². The molecule has 14 nitrogen and oxygen atoms in total. The summed E-state index contributed by atoms with van der Waals surface area (Å²) in [6.45, 7) is 0. The topological polar surface area (TPSA) is 179 Å². The van der Waals surface area contributed by atoms with E-state index in [0.29, 0.717) is 35.4 Å². The number of hydrogen-bond acceptors (Lipinski definition) is 23. The van der Waals surface area contributed by atoms with Crippen LogP contribution in [0.5, 0.6) is 0 Å². The first-order chi connectivity index (χ1) is 22.2. The molecular weight excluding hydrogens is 809 g/mol. The monoisotopic (exact) mass is 846 g/mol. The zero-order chi connectivity index (χ0) is 32.7. The lowest BCUT2D eigenvalue weighted by atomic mass is 11.1. The lowest BCUT2D eigenvalue weighted by Gasteiger charge is -2.06. The van der Waals surface area contributed by atoms with Crippen molar-refractivity contribution in [2.75, 3.05) is 89.6 Å². The molecular formula is C20H38N4O10S11. The fraction of sp³-hybridized carbons (Fsp3) is 0.800. The summed E-state index contributed by atoms with van der Waals surface area (Å²) in [5.41, 5.74) is 0. The van der Waals surface area contributed by atoms with E-state index in [4.69, 9.17) is 39.2 Å². The van der Waals surface area contributed by atoms with E-state index >= 15 is 0 Å². The van der Waals surface area contributed by atoms with Crippen molar-refractivity contribution >= 4 is 154 Å². The van der Waals surface area contributed by atoms with E-state index in [1.807, 2.05) is 0 Å². The van der Waals surface area contributed by atoms with Crippen molar-refractivity contribution in [3.63, 3.8) is 0 Å². The molecule has 0 saturated heterocycles. The minimum atomic E-state index is -0.488. The first-order valence-corrected chi connectivity index (χ1v) is 24.8. The SMILES string of the molecule is O=C(NCSCSCSC/N=C/OOCSCSCSCOC(=O)NCSCSCSC/N=C\OOCSCO)OCSCO. The van der Waals surface area contributed by atoms with Gasteiger partial charge in [0.2, 0.25) is 12.8 Å². The molecule has 0 radical (unpaired) electrons. The fourth-order valence-electron chi connectivity index (χ4n) is 1.68. The predicted octanol–water partition coefficient (Wildman–Crippen LogP) is 5.76. The molecule has 0 unspecified atom stereocenters. The second kappa shape index (κ2) is 41.3. The highest BCUT2D eigenvalue weighted by atomic mass is 32.2. The number of nitrogens with zero attached hydrogens (tertiary/aromatic N) is 2. The predicted molar refractivity (Wildman–Crippen MR) is 206 cm³/mol. The first-order valence-electron chi connectivity index (χ1n) is 12.1. The van der Waals surface area contributed by atoms with Gasteiger partial charge in [-0.15, -0.1) is 118 Å². The summed E-state index contributed by atoms with van der Waals surface area (Å²) in [6, 6.07) is 0. The summed E-state index contributed by atoms with van der Waals surface area (Å²) in [6.07, 6.45) is 1.61. The van der Waals surface area contributed by atoms with E-state index in [0.717, 1.165) is 42.3 Å². The molecule has 0 heterocycles. The molecule has 0 aliphatic heterocycles. The summed E-state index contributed by atoms with van der Waals surface area (Å²) in [7, 11) is 0. The lowest BCUT2D eigenvalue weighted by molar-refractivity contribution is -0.196. The van der Waals surface area contributed by atoms with Gasteiger partial charge in [-0.1, -0.05) is 11.8 Å². The summed E-state index contributed by atoms with van der Waals surface area (Å²) >= 11 is 17.0. The Hall–Kier alpha value is 1.17. The Balaban J connectivity index is 3.25. The van der Waals surface area contributed by atoms with Gasteiger partial charge in [-0.25, -0.2) is 19.6 Å². The van der Waals surface area contributed by atoms with E-state index in [1.54, 1.807) is 94.1 Å². The second-order valence-electron chi connectivity index (χ2n) is 6.45. The molecule has 0 rings (SSSR count). The molecule has 0 aromatic carbocycles. The van der Waals surface area contributed by atoms with Gasteiger partial charge >= 0.3 is 12.2 Å². The van der Waals surface area contributed by atoms with Crippen LogP contribution in [0.25, 0.3) is 0 Å². The smallest absolute Gasteiger partial charge is 0.408 e. The highest BCUT2D eigenvalue weighted by Gasteiger charge is 2.02. The zero-order valence-corrected chi connectivity index (χ0v) is 33.0. The Morgan fingerprint density at radius 2 is 0.933 bits per heavy atom. The molecule has 0 fully saturated rings. The number of thioether (sulfide) groups is 11. The Bertz CT molecular complexity index is 730. The van der Waals surface area contributed by atoms with Crippen LogP contribution in [0.1, 0.15) is 0 Å². The van der Waals surface area contributed by atoms with Crippen LogP contribution in [-0.4, -0.2) is 125 Å². The number of rotatable bonds is 34. The molecule has 2 amide bonds. The normalized spacial score (nSPS) is 11.2. The van der Waals surface area contributed by atoms with Crippen molar-refractivity contribution in [1.82, 2.24) is 10.6 Å². The number of hydrogen-bond donors (Lipinski definition) is 4. The Morgan fingerprint density at radius 3 is 1.44 bits per heavy atom. The average molecular weight is 847 g/mol. The number of amides is 2. The fourth-order valence-corrected chi connectivity index (χ4v) is 10.5. The number of aliphatic hydroxyl groups excluding tert-OH is 2. The number of nitrogens with one attached hydrogen (secondary N) is 2. The van der Waals surface area contributed by atoms with Crippen molar-refractivity contribution in [2.24, 2.45) is 9.98 Å². The van der Waals surface area contributed by atoms with Gasteiger partial charge in [-0.3, -0.25) is 0 Å². The minimum absolute atomic E-state index is 0.0186. The van der Waals surface area contributed by atoms with E-state index in [1.165, 1.54) is 36.3 Å². The van der Waals surface area contributed by atoms with Gasteiger partial charge in [0.25, 0.3) is 0 Å². The third kappa shape index (κ3) is 41.3. The van der Waals surface area contributed by atoms with Crippen LogP contribution >= 0.6 is 129 Å². The standard InChI is InChI=1S/C20H38N4O10S11/c25-7-39-9-29-19(27)23-5-37-15-43-14-36-4-22-2-32-34-12-42-18-45-17-41-10-30-20(28)24-6-38-16-44-13-35-3-21-1-31-33-11-40-8-26/h1-2,25-26H,3-18H2,(H,23,27)(H,24,28)/b21-1-,22-2+. The maximum Gasteiger partial charge on any atom is 0.408 e. The number of ether oxygens (including phenoxy) is 2. The molecule has 0 spiro atoms. The van der Waals surface area contributed by atoms with E-state index < -0.39 is 12.2 Å². The van der Waals surface area contributed by atoms with Gasteiger partial charge in [0.1, 0.15) is 23.8 Å². The third-order valence-corrected chi connectivity index (χ3v) is 14.2. The molecule has 0 aliphatic carbocycles. The molecule has 0 atom stereocenters. The highest BCUT2D eigenvalue weighted by Crippen LogP contribution is 2.19. The van der Waals surface area contributed by atoms with Gasteiger partial charge in [0.15, 0.2) is 0 Å². The molecule has 0 saturated carbocycles. The van der Waals surface area contributed by atoms with Crippen molar-refractivity contribution in [1.29, 1.82) is 0 Å². The largest absolute Gasteiger partial charge is 0.438 e. The van der Waals surface area contributed by atoms with Crippen LogP contribution in [0.4, 0.5) is 9.59 Å². The number of carbonyl (C=O) groups is 2. The average Bonchev–Trinajstić information content (AvgIpc) is 3.04. The summed E-state index contributed by atoms with van der Waals surface area (Å²) in [5.74, 6) is 3.02. The van der Waals surface area contributed by atoms with Gasteiger partial charge in [0, 0.05) is 30.5 Å². The highest BCUT2D eigenvalue weighted by molar-refractivity contribution is 8.23. The molecule has 264 valence electrons. The van der Waals surface area contributed by atoms with Crippen molar-refractivity contribution in [3.05, 3.63) is 0 Å². The zero-order valence-electron chi connectivity index (χ0n) is 24.0. The second-order valence-corrected chi connectivity index (χ2v) is 19.2. The Labute approximate surface area is 310 Å². The quantitative estimate of drug-likeness (QED) is 0.0153.